The summed E-state index contributed by atoms with van der Waals surface area (Å²) >= 11 is 12.3. The van der Waals surface area contributed by atoms with E-state index in [1.54, 1.807) is 24.3 Å². The van der Waals surface area contributed by atoms with E-state index in [9.17, 15) is 9.59 Å². The zero-order chi connectivity index (χ0) is 20.4. The van der Waals surface area contributed by atoms with Crippen LogP contribution in [0.5, 0.6) is 5.75 Å². The summed E-state index contributed by atoms with van der Waals surface area (Å²) in [5, 5.41) is 0.881. The highest BCUT2D eigenvalue weighted by Gasteiger charge is 2.37. The van der Waals surface area contributed by atoms with Gasteiger partial charge in [-0.3, -0.25) is 9.59 Å². The molecule has 1 fully saturated rings. The van der Waals surface area contributed by atoms with Gasteiger partial charge in [-0.2, -0.15) is 0 Å². The minimum Gasteiger partial charge on any atom is -0.426 e. The van der Waals surface area contributed by atoms with Crippen molar-refractivity contribution in [3.05, 3.63) is 82.8 Å². The van der Waals surface area contributed by atoms with Crippen molar-refractivity contribution in [3.8, 4) is 16.9 Å². The minimum atomic E-state index is -0.582. The predicted molar refractivity (Wildman–Crippen MR) is 114 cm³/mol. The molecule has 0 unspecified atom stereocenters. The number of hydrogen-bond acceptors (Lipinski definition) is 3. The van der Waals surface area contributed by atoms with Gasteiger partial charge in [0.15, 0.2) is 0 Å². The van der Waals surface area contributed by atoms with E-state index < -0.39 is 11.9 Å². The first-order chi connectivity index (χ1) is 14.0. The van der Waals surface area contributed by atoms with E-state index in [1.807, 2.05) is 48.5 Å². The second-order valence-electron chi connectivity index (χ2n) is 6.78. The smallest absolute Gasteiger partial charge is 0.316 e. The molecule has 1 heterocycles. The molecule has 4 nitrogen and oxygen atoms in total. The maximum atomic E-state index is 12.8. The lowest BCUT2D eigenvalue weighted by Gasteiger charge is -2.18. The van der Waals surface area contributed by atoms with Crippen LogP contribution in [0.3, 0.4) is 0 Å². The van der Waals surface area contributed by atoms with Gasteiger partial charge in [0.1, 0.15) is 5.75 Å². The molecule has 4 rings (SSSR count). The summed E-state index contributed by atoms with van der Waals surface area (Å²) in [6, 6.07) is 22.0. The Morgan fingerprint density at radius 3 is 2.48 bits per heavy atom. The standard InChI is InChI=1S/C23H17Cl2NO3/c24-17-10-11-19(25)20(13-17)26-14-16(12-22(26)27)23(28)29-21-9-5-4-8-18(21)15-6-2-1-3-7-15/h1-11,13,16H,12,14H2/t16-/m0/s1. The van der Waals surface area contributed by atoms with Crippen LogP contribution >= 0.6 is 23.2 Å². The zero-order valence-corrected chi connectivity index (χ0v) is 16.9. The fourth-order valence-corrected chi connectivity index (χ4v) is 3.78. The van der Waals surface area contributed by atoms with E-state index in [4.69, 9.17) is 27.9 Å². The Morgan fingerprint density at radius 1 is 0.966 bits per heavy atom. The number of esters is 1. The minimum absolute atomic E-state index is 0.0647. The van der Waals surface area contributed by atoms with Crippen LogP contribution in [0.4, 0.5) is 5.69 Å². The van der Waals surface area contributed by atoms with Crippen LogP contribution in [0.2, 0.25) is 10.0 Å². The number of para-hydroxylation sites is 1. The third-order valence-electron chi connectivity index (χ3n) is 4.84. The average molecular weight is 426 g/mol. The molecule has 1 saturated heterocycles. The molecule has 1 atom stereocenters. The maximum Gasteiger partial charge on any atom is 0.316 e. The Balaban J connectivity index is 1.54. The van der Waals surface area contributed by atoms with Crippen molar-refractivity contribution in [1.29, 1.82) is 0 Å². The summed E-state index contributed by atoms with van der Waals surface area (Å²) in [5.74, 6) is -0.744. The molecule has 1 aliphatic heterocycles. The van der Waals surface area contributed by atoms with Crippen molar-refractivity contribution in [2.45, 2.75) is 6.42 Å². The van der Waals surface area contributed by atoms with Gasteiger partial charge < -0.3 is 9.64 Å². The van der Waals surface area contributed by atoms with Crippen LogP contribution < -0.4 is 9.64 Å². The average Bonchev–Trinajstić information content (AvgIpc) is 3.12. The third-order valence-corrected chi connectivity index (χ3v) is 5.39. The molecular weight excluding hydrogens is 409 g/mol. The van der Waals surface area contributed by atoms with E-state index in [0.717, 1.165) is 11.1 Å². The molecule has 0 bridgehead atoms. The van der Waals surface area contributed by atoms with Crippen molar-refractivity contribution in [2.75, 3.05) is 11.4 Å². The SMILES string of the molecule is O=C(Oc1ccccc1-c1ccccc1)[C@H]1CC(=O)N(c2cc(Cl)ccc2Cl)C1. The quantitative estimate of drug-likeness (QED) is 0.402. The Kier molecular flexibility index (Phi) is 5.56. The van der Waals surface area contributed by atoms with Crippen LogP contribution in [0.15, 0.2) is 72.8 Å². The van der Waals surface area contributed by atoms with Gasteiger partial charge in [-0.1, -0.05) is 71.7 Å². The second-order valence-corrected chi connectivity index (χ2v) is 7.63. The fourth-order valence-electron chi connectivity index (χ4n) is 3.39. The van der Waals surface area contributed by atoms with Gasteiger partial charge in [-0.15, -0.1) is 0 Å². The molecule has 0 N–H and O–H groups in total. The Morgan fingerprint density at radius 2 is 1.69 bits per heavy atom. The van der Waals surface area contributed by atoms with Crippen molar-refractivity contribution in [2.24, 2.45) is 5.92 Å². The molecule has 146 valence electrons. The molecule has 1 aliphatic rings. The first kappa shape index (κ1) is 19.5. The normalized spacial score (nSPS) is 16.1. The van der Waals surface area contributed by atoms with Crippen molar-refractivity contribution in [3.63, 3.8) is 0 Å². The van der Waals surface area contributed by atoms with E-state index in [-0.39, 0.29) is 18.9 Å². The lowest BCUT2D eigenvalue weighted by atomic mass is 10.0. The summed E-state index contributed by atoms with van der Waals surface area (Å²) in [6.07, 6.45) is 0.0647. The molecule has 0 radical (unpaired) electrons. The summed E-state index contributed by atoms with van der Waals surface area (Å²) in [6.45, 7) is 0.200. The van der Waals surface area contributed by atoms with E-state index in [1.165, 1.54) is 4.90 Å². The highest BCUT2D eigenvalue weighted by molar-refractivity contribution is 6.35. The molecule has 6 heteroatoms. The molecule has 3 aromatic rings. The molecule has 1 amide bonds. The van der Waals surface area contributed by atoms with E-state index in [2.05, 4.69) is 0 Å². The van der Waals surface area contributed by atoms with Gasteiger partial charge in [-0.25, -0.2) is 0 Å². The molecule has 0 aliphatic carbocycles. The maximum absolute atomic E-state index is 12.8. The van der Waals surface area contributed by atoms with Crippen LogP contribution in [-0.4, -0.2) is 18.4 Å². The topological polar surface area (TPSA) is 46.6 Å². The number of benzene rings is 3. The van der Waals surface area contributed by atoms with Gasteiger partial charge in [-0.05, 0) is 29.8 Å². The molecule has 3 aromatic carbocycles. The number of anilines is 1. The molecule has 0 spiro atoms. The van der Waals surface area contributed by atoms with Crippen molar-refractivity contribution >= 4 is 40.8 Å². The fraction of sp³-hybridized carbons (Fsp3) is 0.130. The Hall–Kier alpha value is -2.82. The van der Waals surface area contributed by atoms with Crippen LogP contribution in [-0.2, 0) is 9.59 Å². The lowest BCUT2D eigenvalue weighted by Crippen LogP contribution is -2.27. The first-order valence-electron chi connectivity index (χ1n) is 9.14. The van der Waals surface area contributed by atoms with Gasteiger partial charge >= 0.3 is 5.97 Å². The number of ether oxygens (including phenoxy) is 1. The van der Waals surface area contributed by atoms with Crippen molar-refractivity contribution < 1.29 is 14.3 Å². The number of nitrogens with zero attached hydrogens (tertiary/aromatic N) is 1. The molecule has 0 aromatic heterocycles. The lowest BCUT2D eigenvalue weighted by molar-refractivity contribution is -0.139. The summed E-state index contributed by atoms with van der Waals surface area (Å²) in [7, 11) is 0. The van der Waals surface area contributed by atoms with Gasteiger partial charge in [0.25, 0.3) is 0 Å². The molecule has 29 heavy (non-hydrogen) atoms. The highest BCUT2D eigenvalue weighted by Crippen LogP contribution is 2.35. The van der Waals surface area contributed by atoms with Crippen LogP contribution in [0, 0.1) is 5.92 Å². The van der Waals surface area contributed by atoms with E-state index in [0.29, 0.717) is 21.5 Å². The monoisotopic (exact) mass is 425 g/mol. The van der Waals surface area contributed by atoms with Gasteiger partial charge in [0, 0.05) is 23.6 Å². The molecular formula is C23H17Cl2NO3. The Labute approximate surface area is 178 Å². The number of hydrogen-bond donors (Lipinski definition) is 0. The summed E-state index contributed by atoms with van der Waals surface area (Å²) in [4.78, 5) is 26.8. The van der Waals surface area contributed by atoms with Crippen molar-refractivity contribution in [1.82, 2.24) is 0 Å². The number of carbonyl (C=O) groups is 2. The van der Waals surface area contributed by atoms with Crippen LogP contribution in [0.25, 0.3) is 11.1 Å². The van der Waals surface area contributed by atoms with Gasteiger partial charge in [0.05, 0.1) is 16.6 Å². The Bertz CT molecular complexity index is 1070. The largest absolute Gasteiger partial charge is 0.426 e. The first-order valence-corrected chi connectivity index (χ1v) is 9.90. The number of rotatable bonds is 4. The number of amides is 1. The number of carbonyl (C=O) groups excluding carboxylic acids is 2. The number of halogens is 2. The predicted octanol–water partition coefficient (Wildman–Crippen LogP) is 5.62. The third kappa shape index (κ3) is 4.14. The summed E-state index contributed by atoms with van der Waals surface area (Å²) in [5.41, 5.74) is 2.27. The van der Waals surface area contributed by atoms with E-state index >= 15 is 0 Å². The van der Waals surface area contributed by atoms with Gasteiger partial charge in [0.2, 0.25) is 5.91 Å². The molecule has 0 saturated carbocycles. The zero-order valence-electron chi connectivity index (χ0n) is 15.3. The second kappa shape index (κ2) is 8.27. The van der Waals surface area contributed by atoms with Crippen LogP contribution in [0.1, 0.15) is 6.42 Å². The summed E-state index contributed by atoms with van der Waals surface area (Å²) < 4.78 is 5.69. The highest BCUT2D eigenvalue weighted by atomic mass is 35.5.